The van der Waals surface area contributed by atoms with Gasteiger partial charge in [0.2, 0.25) is 0 Å². The van der Waals surface area contributed by atoms with Crippen molar-refractivity contribution in [1.29, 1.82) is 0 Å². The van der Waals surface area contributed by atoms with Gasteiger partial charge in [0.25, 0.3) is 0 Å². The molecule has 1 aromatic heterocycles. The van der Waals surface area contributed by atoms with E-state index in [1.54, 1.807) is 12.1 Å². The monoisotopic (exact) mass is 390 g/mol. The van der Waals surface area contributed by atoms with Gasteiger partial charge in [-0.2, -0.15) is 0 Å². The molecular formula is C25H30N2O2. The van der Waals surface area contributed by atoms with E-state index in [0.717, 1.165) is 50.0 Å². The Labute approximate surface area is 173 Å². The third-order valence-corrected chi connectivity index (χ3v) is 5.30. The maximum absolute atomic E-state index is 11.1. The van der Waals surface area contributed by atoms with Crippen molar-refractivity contribution >= 4 is 5.97 Å². The van der Waals surface area contributed by atoms with Gasteiger partial charge < -0.3 is 9.67 Å². The highest BCUT2D eigenvalue weighted by Gasteiger charge is 2.14. The van der Waals surface area contributed by atoms with E-state index >= 15 is 0 Å². The lowest BCUT2D eigenvalue weighted by molar-refractivity contribution is 0.0697. The van der Waals surface area contributed by atoms with Gasteiger partial charge in [-0.15, -0.1) is 0 Å². The summed E-state index contributed by atoms with van der Waals surface area (Å²) in [6, 6.07) is 17.8. The second-order valence-electron chi connectivity index (χ2n) is 7.86. The Morgan fingerprint density at radius 1 is 1.03 bits per heavy atom. The zero-order valence-electron chi connectivity index (χ0n) is 17.3. The van der Waals surface area contributed by atoms with E-state index in [2.05, 4.69) is 48.7 Å². The van der Waals surface area contributed by atoms with Crippen LogP contribution in [-0.4, -0.2) is 20.6 Å². The second-order valence-corrected chi connectivity index (χ2v) is 7.86. The van der Waals surface area contributed by atoms with E-state index in [-0.39, 0.29) is 0 Å². The van der Waals surface area contributed by atoms with Crippen LogP contribution < -0.4 is 0 Å². The third-order valence-electron chi connectivity index (χ3n) is 5.30. The second kappa shape index (κ2) is 10.1. The molecule has 0 spiro atoms. The first-order valence-corrected chi connectivity index (χ1v) is 10.5. The van der Waals surface area contributed by atoms with Crippen molar-refractivity contribution in [3.8, 4) is 0 Å². The quantitative estimate of drug-likeness (QED) is 0.505. The maximum Gasteiger partial charge on any atom is 0.335 e. The number of rotatable bonds is 10. The summed E-state index contributed by atoms with van der Waals surface area (Å²) in [6.07, 6.45) is 7.27. The molecule has 3 aromatic rings. The number of imidazole rings is 1. The Morgan fingerprint density at radius 3 is 2.41 bits per heavy atom. The molecular weight excluding hydrogens is 360 g/mol. The minimum absolute atomic E-state index is 0.322. The number of carboxylic acid groups (broad SMARTS) is 1. The lowest BCUT2D eigenvalue weighted by atomic mass is 9.97. The first-order valence-electron chi connectivity index (χ1n) is 10.5. The first kappa shape index (κ1) is 20.8. The summed E-state index contributed by atoms with van der Waals surface area (Å²) >= 11 is 0. The average molecular weight is 391 g/mol. The number of hydrogen-bond acceptors (Lipinski definition) is 2. The third kappa shape index (κ3) is 5.80. The van der Waals surface area contributed by atoms with E-state index in [4.69, 9.17) is 10.1 Å². The highest BCUT2D eigenvalue weighted by Crippen LogP contribution is 2.19. The van der Waals surface area contributed by atoms with Gasteiger partial charge in [-0.1, -0.05) is 62.7 Å². The lowest BCUT2D eigenvalue weighted by Gasteiger charge is -2.16. The van der Waals surface area contributed by atoms with Crippen molar-refractivity contribution in [3.05, 3.63) is 89.0 Å². The van der Waals surface area contributed by atoms with Crippen LogP contribution in [0.15, 0.2) is 60.8 Å². The van der Waals surface area contributed by atoms with E-state index in [1.807, 2.05) is 18.3 Å². The van der Waals surface area contributed by atoms with Crippen molar-refractivity contribution in [3.63, 3.8) is 0 Å². The van der Waals surface area contributed by atoms with Gasteiger partial charge in [-0.3, -0.25) is 0 Å². The Hall–Kier alpha value is -2.88. The summed E-state index contributed by atoms with van der Waals surface area (Å²) in [4.78, 5) is 15.8. The molecule has 0 fully saturated rings. The van der Waals surface area contributed by atoms with E-state index in [1.165, 1.54) is 11.3 Å². The molecule has 1 unspecified atom stereocenters. The molecule has 0 radical (unpaired) electrons. The number of aromatic carboxylic acids is 1. The molecule has 0 saturated carbocycles. The van der Waals surface area contributed by atoms with Crippen molar-refractivity contribution < 1.29 is 9.90 Å². The zero-order chi connectivity index (χ0) is 20.6. The van der Waals surface area contributed by atoms with Gasteiger partial charge in [0, 0.05) is 24.9 Å². The number of carboxylic acids is 1. The predicted molar refractivity (Wildman–Crippen MR) is 116 cm³/mol. The number of nitrogens with zero attached hydrogens (tertiary/aromatic N) is 2. The fraction of sp³-hybridized carbons (Fsp3) is 0.360. The highest BCUT2D eigenvalue weighted by molar-refractivity contribution is 5.87. The van der Waals surface area contributed by atoms with Gasteiger partial charge >= 0.3 is 5.97 Å². The molecule has 3 rings (SSSR count). The minimum Gasteiger partial charge on any atom is -0.478 e. The smallest absolute Gasteiger partial charge is 0.335 e. The minimum atomic E-state index is -0.891. The van der Waals surface area contributed by atoms with E-state index in [0.29, 0.717) is 11.5 Å². The number of hydrogen-bond donors (Lipinski definition) is 1. The maximum atomic E-state index is 11.1. The van der Waals surface area contributed by atoms with Crippen LogP contribution in [0.25, 0.3) is 0 Å². The summed E-state index contributed by atoms with van der Waals surface area (Å²) in [5.74, 6) is 0.746. The Bertz CT molecular complexity index is 914. The molecule has 4 heteroatoms. The summed E-state index contributed by atoms with van der Waals surface area (Å²) in [5, 5.41) is 9.12. The Balaban J connectivity index is 1.77. The molecule has 0 aliphatic carbocycles. The van der Waals surface area contributed by atoms with Gasteiger partial charge in [0.05, 0.1) is 5.56 Å². The fourth-order valence-electron chi connectivity index (χ4n) is 3.73. The fourth-order valence-corrected chi connectivity index (χ4v) is 3.73. The molecule has 152 valence electrons. The molecule has 4 nitrogen and oxygen atoms in total. The number of aryl methyl sites for hydroxylation is 1. The van der Waals surface area contributed by atoms with E-state index < -0.39 is 5.97 Å². The van der Waals surface area contributed by atoms with Crippen LogP contribution in [0.1, 0.15) is 59.7 Å². The van der Waals surface area contributed by atoms with Crippen LogP contribution in [0.4, 0.5) is 0 Å². The van der Waals surface area contributed by atoms with Crippen LogP contribution in [0.2, 0.25) is 0 Å². The SMILES string of the molecule is CCCCc1ncc(CC(C)Cc2ccccc2)n1Cc1ccc(C(=O)O)cc1. The molecule has 0 saturated heterocycles. The molecule has 1 atom stereocenters. The number of carbonyl (C=O) groups is 1. The average Bonchev–Trinajstić information content (AvgIpc) is 3.08. The summed E-state index contributed by atoms with van der Waals surface area (Å²) < 4.78 is 2.33. The highest BCUT2D eigenvalue weighted by atomic mass is 16.4. The number of unbranched alkanes of at least 4 members (excludes halogenated alkanes) is 1. The molecule has 0 amide bonds. The van der Waals surface area contributed by atoms with Crippen molar-refractivity contribution in [2.24, 2.45) is 5.92 Å². The topological polar surface area (TPSA) is 55.1 Å². The standard InChI is InChI=1S/C25H30N2O2/c1-3-4-10-24-26-17-23(16-19(2)15-20-8-6-5-7-9-20)27(24)18-21-11-13-22(14-12-21)25(28)29/h5-9,11-14,17,19H,3-4,10,15-16,18H2,1-2H3,(H,28,29). The number of benzene rings is 2. The summed E-state index contributed by atoms with van der Waals surface area (Å²) in [7, 11) is 0. The molecule has 2 aromatic carbocycles. The van der Waals surface area contributed by atoms with Crippen LogP contribution in [0.3, 0.4) is 0 Å². The molecule has 0 bridgehead atoms. The summed E-state index contributed by atoms with van der Waals surface area (Å²) in [6.45, 7) is 5.21. The lowest BCUT2D eigenvalue weighted by Crippen LogP contribution is -2.13. The molecule has 0 aliphatic rings. The Morgan fingerprint density at radius 2 is 1.76 bits per heavy atom. The Kier molecular flexibility index (Phi) is 7.23. The zero-order valence-corrected chi connectivity index (χ0v) is 17.3. The van der Waals surface area contributed by atoms with Gasteiger partial charge in [0.15, 0.2) is 0 Å². The van der Waals surface area contributed by atoms with Gasteiger partial charge in [-0.05, 0) is 48.4 Å². The molecule has 1 heterocycles. The van der Waals surface area contributed by atoms with Gasteiger partial charge in [-0.25, -0.2) is 9.78 Å². The van der Waals surface area contributed by atoms with Crippen LogP contribution >= 0.6 is 0 Å². The largest absolute Gasteiger partial charge is 0.478 e. The van der Waals surface area contributed by atoms with Crippen LogP contribution in [0, 0.1) is 5.92 Å². The van der Waals surface area contributed by atoms with Crippen molar-refractivity contribution in [1.82, 2.24) is 9.55 Å². The van der Waals surface area contributed by atoms with Crippen molar-refractivity contribution in [2.45, 2.75) is 52.5 Å². The van der Waals surface area contributed by atoms with Gasteiger partial charge in [0.1, 0.15) is 5.82 Å². The normalized spacial score (nSPS) is 12.1. The first-order chi connectivity index (χ1) is 14.1. The number of aromatic nitrogens is 2. The van der Waals surface area contributed by atoms with Crippen LogP contribution in [-0.2, 0) is 25.8 Å². The summed E-state index contributed by atoms with van der Waals surface area (Å²) in [5.41, 5.74) is 4.04. The molecule has 0 aliphatic heterocycles. The molecule has 29 heavy (non-hydrogen) atoms. The van der Waals surface area contributed by atoms with Crippen LogP contribution in [0.5, 0.6) is 0 Å². The van der Waals surface area contributed by atoms with E-state index in [9.17, 15) is 4.79 Å². The predicted octanol–water partition coefficient (Wildman–Crippen LogP) is 5.39. The molecule has 1 N–H and O–H groups in total. The van der Waals surface area contributed by atoms with Crippen molar-refractivity contribution in [2.75, 3.05) is 0 Å².